The highest BCUT2D eigenvalue weighted by atomic mass is 35.5. The molecule has 0 aliphatic heterocycles. The van der Waals surface area contributed by atoms with Crippen LogP contribution in [0.1, 0.15) is 18.4 Å². The van der Waals surface area contributed by atoms with Crippen molar-refractivity contribution in [2.24, 2.45) is 5.73 Å². The Labute approximate surface area is 105 Å². The molecule has 0 radical (unpaired) electrons. The Morgan fingerprint density at radius 2 is 2.24 bits per heavy atom. The second-order valence-corrected chi connectivity index (χ2v) is 5.18. The van der Waals surface area contributed by atoms with Crippen molar-refractivity contribution in [2.75, 3.05) is 0 Å². The zero-order valence-electron chi connectivity index (χ0n) is 9.44. The fourth-order valence-corrected chi connectivity index (χ4v) is 2.29. The van der Waals surface area contributed by atoms with Gasteiger partial charge in [0.05, 0.1) is 10.7 Å². The van der Waals surface area contributed by atoms with Gasteiger partial charge in [0.25, 0.3) is 0 Å². The highest BCUT2D eigenvalue weighted by Crippen LogP contribution is 2.36. The van der Waals surface area contributed by atoms with Crippen molar-refractivity contribution in [1.82, 2.24) is 9.78 Å². The Bertz CT molecular complexity index is 530. The van der Waals surface area contributed by atoms with Gasteiger partial charge in [-0.25, -0.2) is 4.68 Å². The Morgan fingerprint density at radius 1 is 1.41 bits per heavy atom. The maximum absolute atomic E-state index is 6.27. The molecule has 1 aliphatic carbocycles. The molecule has 4 heteroatoms. The van der Waals surface area contributed by atoms with Crippen LogP contribution >= 0.6 is 11.6 Å². The first-order chi connectivity index (χ1) is 8.16. The van der Waals surface area contributed by atoms with E-state index in [1.54, 1.807) is 10.9 Å². The summed E-state index contributed by atoms with van der Waals surface area (Å²) < 4.78 is 1.77. The SMILES string of the molecule is NC1(Cc2ccc(-n3cccn3)c(Cl)c2)CC1. The largest absolute Gasteiger partial charge is 0.325 e. The summed E-state index contributed by atoms with van der Waals surface area (Å²) in [6.07, 6.45) is 6.76. The summed E-state index contributed by atoms with van der Waals surface area (Å²) in [5.74, 6) is 0. The lowest BCUT2D eigenvalue weighted by Gasteiger charge is -2.10. The van der Waals surface area contributed by atoms with E-state index in [0.717, 1.165) is 30.0 Å². The number of nitrogens with two attached hydrogens (primary N) is 1. The number of nitrogens with zero attached hydrogens (tertiary/aromatic N) is 2. The molecule has 3 nitrogen and oxygen atoms in total. The predicted molar refractivity (Wildman–Crippen MR) is 68.4 cm³/mol. The van der Waals surface area contributed by atoms with Crippen molar-refractivity contribution < 1.29 is 0 Å². The molecule has 1 fully saturated rings. The lowest BCUT2D eigenvalue weighted by molar-refractivity contribution is 0.672. The van der Waals surface area contributed by atoms with E-state index in [-0.39, 0.29) is 5.54 Å². The zero-order valence-corrected chi connectivity index (χ0v) is 10.2. The minimum absolute atomic E-state index is 0.0244. The Kier molecular flexibility index (Phi) is 2.45. The normalized spacial score (nSPS) is 17.1. The van der Waals surface area contributed by atoms with Gasteiger partial charge in [-0.2, -0.15) is 5.10 Å². The summed E-state index contributed by atoms with van der Waals surface area (Å²) in [7, 11) is 0. The first-order valence-corrected chi connectivity index (χ1v) is 6.11. The molecule has 2 aromatic rings. The molecular formula is C13H14ClN3. The van der Waals surface area contributed by atoms with Crippen LogP contribution in [0.5, 0.6) is 0 Å². The molecule has 0 spiro atoms. The van der Waals surface area contributed by atoms with Crippen LogP contribution < -0.4 is 5.73 Å². The van der Waals surface area contributed by atoms with Gasteiger partial charge in [-0.05, 0) is 43.0 Å². The molecule has 3 rings (SSSR count). The average Bonchev–Trinajstić information content (AvgIpc) is 2.81. The van der Waals surface area contributed by atoms with E-state index < -0.39 is 0 Å². The second kappa shape index (κ2) is 3.86. The molecule has 1 saturated carbocycles. The highest BCUT2D eigenvalue weighted by Gasteiger charge is 2.37. The van der Waals surface area contributed by atoms with E-state index in [0.29, 0.717) is 0 Å². The summed E-state index contributed by atoms with van der Waals surface area (Å²) in [5, 5.41) is 4.89. The molecule has 0 amide bonds. The number of hydrogen-bond acceptors (Lipinski definition) is 2. The van der Waals surface area contributed by atoms with Crippen molar-refractivity contribution in [3.63, 3.8) is 0 Å². The topological polar surface area (TPSA) is 43.8 Å². The zero-order chi connectivity index (χ0) is 11.9. The third-order valence-electron chi connectivity index (χ3n) is 3.21. The summed E-state index contributed by atoms with van der Waals surface area (Å²) >= 11 is 6.27. The summed E-state index contributed by atoms with van der Waals surface area (Å²) in [6, 6.07) is 7.95. The molecule has 2 N–H and O–H groups in total. The van der Waals surface area contributed by atoms with Gasteiger partial charge in [-0.15, -0.1) is 0 Å². The molecule has 88 valence electrons. The van der Waals surface area contributed by atoms with Gasteiger partial charge in [0.15, 0.2) is 0 Å². The molecule has 0 atom stereocenters. The molecule has 17 heavy (non-hydrogen) atoms. The third kappa shape index (κ3) is 2.21. The van der Waals surface area contributed by atoms with Crippen molar-refractivity contribution >= 4 is 11.6 Å². The second-order valence-electron chi connectivity index (χ2n) is 4.78. The van der Waals surface area contributed by atoms with E-state index in [9.17, 15) is 0 Å². The Morgan fingerprint density at radius 3 is 2.82 bits per heavy atom. The van der Waals surface area contributed by atoms with E-state index in [1.165, 1.54) is 5.56 Å². The van der Waals surface area contributed by atoms with Gasteiger partial charge >= 0.3 is 0 Å². The van der Waals surface area contributed by atoms with E-state index >= 15 is 0 Å². The van der Waals surface area contributed by atoms with Crippen LogP contribution in [0, 0.1) is 0 Å². The molecule has 0 bridgehead atoms. The fourth-order valence-electron chi connectivity index (χ4n) is 2.00. The summed E-state index contributed by atoms with van der Waals surface area (Å²) in [4.78, 5) is 0. The average molecular weight is 248 g/mol. The van der Waals surface area contributed by atoms with Gasteiger partial charge < -0.3 is 5.73 Å². The summed E-state index contributed by atoms with van der Waals surface area (Å²) in [6.45, 7) is 0. The van der Waals surface area contributed by atoms with Crippen molar-refractivity contribution in [3.05, 3.63) is 47.2 Å². The maximum Gasteiger partial charge on any atom is 0.0831 e. The number of rotatable bonds is 3. The molecule has 1 heterocycles. The van der Waals surface area contributed by atoms with Crippen LogP contribution in [0.25, 0.3) is 5.69 Å². The molecule has 0 unspecified atom stereocenters. The van der Waals surface area contributed by atoms with Gasteiger partial charge in [0.2, 0.25) is 0 Å². The molecular weight excluding hydrogens is 234 g/mol. The summed E-state index contributed by atoms with van der Waals surface area (Å²) in [5.41, 5.74) is 8.23. The van der Waals surface area contributed by atoms with Crippen molar-refractivity contribution in [3.8, 4) is 5.69 Å². The number of hydrogen-bond donors (Lipinski definition) is 1. The van der Waals surface area contributed by atoms with Crippen LogP contribution in [0.4, 0.5) is 0 Å². The number of aromatic nitrogens is 2. The van der Waals surface area contributed by atoms with Gasteiger partial charge in [0.1, 0.15) is 0 Å². The fraction of sp³-hybridized carbons (Fsp3) is 0.308. The van der Waals surface area contributed by atoms with E-state index in [2.05, 4.69) is 11.2 Å². The number of benzene rings is 1. The van der Waals surface area contributed by atoms with Crippen LogP contribution in [0.3, 0.4) is 0 Å². The standard InChI is InChI=1S/C13H14ClN3/c14-11-8-10(9-13(15)4-5-13)2-3-12(11)17-7-1-6-16-17/h1-3,6-8H,4-5,9,15H2. The highest BCUT2D eigenvalue weighted by molar-refractivity contribution is 6.32. The third-order valence-corrected chi connectivity index (χ3v) is 3.51. The molecule has 0 saturated heterocycles. The first kappa shape index (κ1) is 10.8. The van der Waals surface area contributed by atoms with Crippen LogP contribution in [-0.2, 0) is 6.42 Å². The predicted octanol–water partition coefficient (Wildman–Crippen LogP) is 2.56. The Balaban J connectivity index is 1.89. The minimum atomic E-state index is 0.0244. The van der Waals surface area contributed by atoms with Crippen molar-refractivity contribution in [2.45, 2.75) is 24.8 Å². The number of halogens is 1. The quantitative estimate of drug-likeness (QED) is 0.906. The van der Waals surface area contributed by atoms with Crippen molar-refractivity contribution in [1.29, 1.82) is 0 Å². The van der Waals surface area contributed by atoms with Crippen LogP contribution in [0.2, 0.25) is 5.02 Å². The van der Waals surface area contributed by atoms with E-state index in [4.69, 9.17) is 17.3 Å². The smallest absolute Gasteiger partial charge is 0.0831 e. The van der Waals surface area contributed by atoms with Crippen LogP contribution in [-0.4, -0.2) is 15.3 Å². The van der Waals surface area contributed by atoms with Gasteiger partial charge in [-0.1, -0.05) is 17.7 Å². The lowest BCUT2D eigenvalue weighted by atomic mass is 10.0. The first-order valence-electron chi connectivity index (χ1n) is 5.74. The minimum Gasteiger partial charge on any atom is -0.325 e. The monoisotopic (exact) mass is 247 g/mol. The molecule has 1 aliphatic rings. The van der Waals surface area contributed by atoms with Gasteiger partial charge in [-0.3, -0.25) is 0 Å². The molecule has 1 aromatic carbocycles. The molecule has 1 aromatic heterocycles. The van der Waals surface area contributed by atoms with Gasteiger partial charge in [0, 0.05) is 17.9 Å². The Hall–Kier alpha value is -1.32. The maximum atomic E-state index is 6.27. The van der Waals surface area contributed by atoms with Crippen LogP contribution in [0.15, 0.2) is 36.7 Å². The lowest BCUT2D eigenvalue weighted by Crippen LogP contribution is -2.24. The van der Waals surface area contributed by atoms with E-state index in [1.807, 2.05) is 24.4 Å².